The molecule has 0 aromatic heterocycles. The Morgan fingerprint density at radius 1 is 0.150 bits per heavy atom. The molecule has 0 radical (unpaired) electrons. The standard InChI is InChI=1S/C60H72/c1-55(2,3)49-25-37-19-38(26-49)40-21-42(30-51(28-40)57(7,8)9)44-23-46(34-53(32-44)59(13,14)15)48-24-47(35-54(36-48)60(16,17)18)45-22-43(31-52(33-45)58(10,11)12)41-20-39(37)27-50(29-41)56(4,5)6/h19-36H,1-18H3. The lowest BCUT2D eigenvalue weighted by Crippen LogP contribution is -2.12. The molecule has 7 aromatic carbocycles. The Hall–Kier alpha value is -4.68. The topological polar surface area (TPSA) is 0 Å². The fourth-order valence-corrected chi connectivity index (χ4v) is 8.36. The first-order valence-corrected chi connectivity index (χ1v) is 22.4. The van der Waals surface area contributed by atoms with Gasteiger partial charge < -0.3 is 0 Å². The molecule has 0 saturated heterocycles. The van der Waals surface area contributed by atoms with Crippen molar-refractivity contribution in [3.8, 4) is 0 Å². The average Bonchev–Trinajstić information content (AvgIpc) is 3.14. The highest BCUT2D eigenvalue weighted by Gasteiger charge is 2.22. The van der Waals surface area contributed by atoms with E-state index in [2.05, 4.69) is 234 Å². The van der Waals surface area contributed by atoms with Gasteiger partial charge in [-0.25, -0.2) is 0 Å². The van der Waals surface area contributed by atoms with Crippen LogP contribution in [0.4, 0.5) is 0 Å². The van der Waals surface area contributed by atoms with Crippen LogP contribution in [0.5, 0.6) is 0 Å². The molecule has 0 heterocycles. The van der Waals surface area contributed by atoms with Crippen molar-refractivity contribution < 1.29 is 0 Å². The SMILES string of the molecule is CC(C)(C)c1cc2cc(c1)c1cc(C(C)(C)C)cc(c1)c1cc(C(C)(C)C)cc(c1)c1cc(C(C)(C)C)cc(c1)c1cc(C(C)(C)C)cc(c1)c1cc(C(C)(C)C)cc2c1. The summed E-state index contributed by atoms with van der Waals surface area (Å²) in [6.07, 6.45) is 0. The monoisotopic (exact) mass is 793 g/mol. The summed E-state index contributed by atoms with van der Waals surface area (Å²) in [5, 5.41) is 15.2. The van der Waals surface area contributed by atoms with E-state index in [1.54, 1.807) is 0 Å². The second kappa shape index (κ2) is 14.5. The fraction of sp³-hybridized carbons (Fsp3) is 0.400. The molecule has 0 heteroatoms. The van der Waals surface area contributed by atoms with E-state index in [0.717, 1.165) is 0 Å². The normalized spacial score (nSPS) is 13.5. The van der Waals surface area contributed by atoms with Gasteiger partial charge in [-0.05, 0) is 167 Å². The summed E-state index contributed by atoms with van der Waals surface area (Å²) in [5.41, 5.74) is 7.82. The zero-order valence-corrected chi connectivity index (χ0v) is 40.4. The molecule has 12 bridgehead atoms. The van der Waals surface area contributed by atoms with E-state index in [-0.39, 0.29) is 32.5 Å². The molecule has 0 N–H and O–H groups in total. The average molecular weight is 793 g/mol. The summed E-state index contributed by atoms with van der Waals surface area (Å²) in [7, 11) is 0. The zero-order valence-electron chi connectivity index (χ0n) is 40.4. The molecule has 0 amide bonds. The van der Waals surface area contributed by atoms with Gasteiger partial charge in [0, 0.05) is 0 Å². The van der Waals surface area contributed by atoms with E-state index < -0.39 is 0 Å². The number of hydrogen-bond donors (Lipinski definition) is 0. The molecule has 60 heavy (non-hydrogen) atoms. The van der Waals surface area contributed by atoms with E-state index in [1.807, 2.05) is 0 Å². The minimum absolute atomic E-state index is 0.0404. The molecular formula is C60H72. The molecule has 0 nitrogen and oxygen atoms in total. The Balaban J connectivity index is 1.89. The van der Waals surface area contributed by atoms with Crippen LogP contribution < -0.4 is 0 Å². The second-order valence-electron chi connectivity index (χ2n) is 24.3. The number of benzene rings is 6. The smallest absolute Gasteiger partial charge is 0.0131 e. The van der Waals surface area contributed by atoms with Gasteiger partial charge in [0.2, 0.25) is 0 Å². The molecule has 0 aliphatic carbocycles. The highest BCUT2D eigenvalue weighted by atomic mass is 14.3. The van der Waals surface area contributed by atoms with Crippen molar-refractivity contribution in [1.82, 2.24) is 0 Å². The van der Waals surface area contributed by atoms with Crippen LogP contribution >= 0.6 is 0 Å². The van der Waals surface area contributed by atoms with Gasteiger partial charge in [0.05, 0.1) is 0 Å². The number of hydrogen-bond acceptors (Lipinski definition) is 0. The summed E-state index contributed by atoms with van der Waals surface area (Å²) in [5.74, 6) is 0. The molecule has 0 aliphatic rings. The molecule has 0 unspecified atom stereocenters. The summed E-state index contributed by atoms with van der Waals surface area (Å²) >= 11 is 0. The van der Waals surface area contributed by atoms with E-state index in [0.29, 0.717) is 0 Å². The van der Waals surface area contributed by atoms with Crippen LogP contribution in [0.2, 0.25) is 0 Å². The van der Waals surface area contributed by atoms with Crippen molar-refractivity contribution in [2.24, 2.45) is 0 Å². The zero-order chi connectivity index (χ0) is 44.1. The van der Waals surface area contributed by atoms with Crippen molar-refractivity contribution in [3.63, 3.8) is 0 Å². The molecule has 0 aliphatic heterocycles. The first-order valence-electron chi connectivity index (χ1n) is 22.4. The fourth-order valence-electron chi connectivity index (χ4n) is 8.36. The van der Waals surface area contributed by atoms with Gasteiger partial charge in [-0.1, -0.05) is 197 Å². The van der Waals surface area contributed by atoms with Crippen LogP contribution in [0.3, 0.4) is 0 Å². The van der Waals surface area contributed by atoms with Gasteiger partial charge in [0.1, 0.15) is 0 Å². The van der Waals surface area contributed by atoms with Crippen LogP contribution in [0.15, 0.2) is 109 Å². The lowest BCUT2D eigenvalue weighted by molar-refractivity contribution is 0.590. The summed E-state index contributed by atoms with van der Waals surface area (Å²) in [6.45, 7) is 42.3. The van der Waals surface area contributed by atoms with Crippen LogP contribution in [0.25, 0.3) is 64.6 Å². The van der Waals surface area contributed by atoms with Gasteiger partial charge in [-0.2, -0.15) is 0 Å². The molecule has 0 saturated carbocycles. The van der Waals surface area contributed by atoms with Crippen LogP contribution in [0, 0.1) is 0 Å². The molecule has 0 fully saturated rings. The van der Waals surface area contributed by atoms with Crippen molar-refractivity contribution >= 4 is 64.6 Å². The second-order valence-corrected chi connectivity index (χ2v) is 24.3. The maximum absolute atomic E-state index is 2.46. The predicted molar refractivity (Wildman–Crippen MR) is 270 cm³/mol. The quantitative estimate of drug-likeness (QED) is 0.143. The van der Waals surface area contributed by atoms with E-state index in [9.17, 15) is 0 Å². The van der Waals surface area contributed by atoms with Crippen LogP contribution in [-0.4, -0.2) is 0 Å². The highest BCUT2D eigenvalue weighted by Crippen LogP contribution is 2.38. The van der Waals surface area contributed by atoms with Crippen LogP contribution in [0.1, 0.15) is 158 Å². The Bertz CT molecular complexity index is 2270. The van der Waals surface area contributed by atoms with E-state index >= 15 is 0 Å². The van der Waals surface area contributed by atoms with E-state index in [4.69, 9.17) is 0 Å². The van der Waals surface area contributed by atoms with Crippen LogP contribution in [-0.2, 0) is 32.5 Å². The maximum atomic E-state index is 2.46. The Morgan fingerprint density at radius 3 is 0.300 bits per heavy atom. The van der Waals surface area contributed by atoms with Gasteiger partial charge in [-0.15, -0.1) is 0 Å². The molecule has 0 atom stereocenters. The summed E-state index contributed by atoms with van der Waals surface area (Å²) in [4.78, 5) is 0. The lowest BCUT2D eigenvalue weighted by atomic mass is 9.81. The first kappa shape index (κ1) is 43.4. The molecule has 7 rings (SSSR count). The van der Waals surface area contributed by atoms with Crippen molar-refractivity contribution in [3.05, 3.63) is 143 Å². The summed E-state index contributed by atoms with van der Waals surface area (Å²) in [6, 6.07) is 44.2. The van der Waals surface area contributed by atoms with Gasteiger partial charge in [0.15, 0.2) is 0 Å². The molecule has 0 spiro atoms. The number of rotatable bonds is 0. The third-order valence-electron chi connectivity index (χ3n) is 12.8. The van der Waals surface area contributed by atoms with Gasteiger partial charge >= 0.3 is 0 Å². The Morgan fingerprint density at radius 2 is 0.233 bits per heavy atom. The molecule has 312 valence electrons. The van der Waals surface area contributed by atoms with Crippen molar-refractivity contribution in [1.29, 1.82) is 0 Å². The number of fused-ring (bicyclic) bond motifs is 18. The largest absolute Gasteiger partial charge is 0.0561 e. The first-order chi connectivity index (χ1) is 27.4. The van der Waals surface area contributed by atoms with Gasteiger partial charge in [0.25, 0.3) is 0 Å². The molecular weight excluding hydrogens is 721 g/mol. The van der Waals surface area contributed by atoms with Crippen molar-refractivity contribution in [2.75, 3.05) is 0 Å². The third kappa shape index (κ3) is 9.00. The Kier molecular flexibility index (Phi) is 10.5. The van der Waals surface area contributed by atoms with E-state index in [1.165, 1.54) is 98.0 Å². The maximum Gasteiger partial charge on any atom is -0.0131 e. The minimum Gasteiger partial charge on any atom is -0.0561 e. The minimum atomic E-state index is -0.0404. The summed E-state index contributed by atoms with van der Waals surface area (Å²) < 4.78 is 0. The van der Waals surface area contributed by atoms with Crippen molar-refractivity contribution in [2.45, 2.75) is 157 Å². The molecule has 7 aromatic rings. The van der Waals surface area contributed by atoms with Gasteiger partial charge in [-0.3, -0.25) is 0 Å². The predicted octanol–water partition coefficient (Wildman–Crippen LogP) is 18.1. The lowest BCUT2D eigenvalue weighted by Gasteiger charge is -2.23. The highest BCUT2D eigenvalue weighted by molar-refractivity contribution is 6.03. The Labute approximate surface area is 362 Å². The third-order valence-corrected chi connectivity index (χ3v) is 12.8.